The van der Waals surface area contributed by atoms with Gasteiger partial charge in [-0.3, -0.25) is 9.69 Å². The van der Waals surface area contributed by atoms with Crippen molar-refractivity contribution < 1.29 is 4.79 Å². The largest absolute Gasteiger partial charge is 0.338 e. The lowest BCUT2D eigenvalue weighted by Gasteiger charge is -2.40. The maximum Gasteiger partial charge on any atom is 0.239 e. The first kappa shape index (κ1) is 14.5. The van der Waals surface area contributed by atoms with E-state index in [4.69, 9.17) is 5.73 Å². The monoisotopic (exact) mass is 241 g/mol. The summed E-state index contributed by atoms with van der Waals surface area (Å²) in [6, 6.07) is 0.113. The summed E-state index contributed by atoms with van der Waals surface area (Å²) in [5, 5.41) is 0. The molecule has 3 unspecified atom stereocenters. The Kier molecular flexibility index (Phi) is 5.40. The van der Waals surface area contributed by atoms with E-state index in [2.05, 4.69) is 25.7 Å². The average Bonchev–Trinajstić information content (AvgIpc) is 2.35. The van der Waals surface area contributed by atoms with E-state index in [1.54, 1.807) is 0 Å². The molecule has 1 saturated heterocycles. The minimum absolute atomic E-state index is 0.127. The zero-order chi connectivity index (χ0) is 13.0. The van der Waals surface area contributed by atoms with Crippen LogP contribution in [-0.4, -0.2) is 54.0 Å². The van der Waals surface area contributed by atoms with Crippen molar-refractivity contribution in [2.24, 2.45) is 11.7 Å². The molecule has 1 aliphatic rings. The van der Waals surface area contributed by atoms with Crippen molar-refractivity contribution in [1.29, 1.82) is 0 Å². The van der Waals surface area contributed by atoms with E-state index in [1.165, 1.54) is 0 Å². The minimum atomic E-state index is -0.333. The van der Waals surface area contributed by atoms with Gasteiger partial charge in [0.25, 0.3) is 0 Å². The number of amides is 1. The highest BCUT2D eigenvalue weighted by atomic mass is 16.2. The maximum absolute atomic E-state index is 12.2. The fourth-order valence-corrected chi connectivity index (χ4v) is 2.37. The lowest BCUT2D eigenvalue weighted by atomic mass is 9.98. The lowest BCUT2D eigenvalue weighted by Crippen LogP contribution is -2.57. The summed E-state index contributed by atoms with van der Waals surface area (Å²) in [6.07, 6.45) is 0.956. The summed E-state index contributed by atoms with van der Waals surface area (Å²) in [6.45, 7) is 12.1. The van der Waals surface area contributed by atoms with Crippen molar-refractivity contribution in [1.82, 2.24) is 9.80 Å². The number of likely N-dealkylation sites (N-methyl/N-ethyl adjacent to an activating group) is 1. The fourth-order valence-electron chi connectivity index (χ4n) is 2.37. The minimum Gasteiger partial charge on any atom is -0.338 e. The quantitative estimate of drug-likeness (QED) is 0.796. The molecule has 0 spiro atoms. The van der Waals surface area contributed by atoms with Gasteiger partial charge in [-0.25, -0.2) is 0 Å². The normalized spacial score (nSPS) is 25.7. The van der Waals surface area contributed by atoms with Gasteiger partial charge in [0.2, 0.25) is 5.91 Å². The number of carbonyl (C=O) groups is 1. The molecule has 2 N–H and O–H groups in total. The topological polar surface area (TPSA) is 49.6 Å². The van der Waals surface area contributed by atoms with Gasteiger partial charge >= 0.3 is 0 Å². The zero-order valence-corrected chi connectivity index (χ0v) is 11.6. The number of hydrogen-bond acceptors (Lipinski definition) is 3. The highest BCUT2D eigenvalue weighted by Crippen LogP contribution is 2.13. The molecule has 1 rings (SSSR count). The molecule has 0 radical (unpaired) electrons. The number of rotatable bonds is 4. The molecule has 0 aliphatic carbocycles. The summed E-state index contributed by atoms with van der Waals surface area (Å²) in [7, 11) is 0. The first-order valence-corrected chi connectivity index (χ1v) is 6.79. The van der Waals surface area contributed by atoms with Crippen LogP contribution in [-0.2, 0) is 4.79 Å². The third-order valence-electron chi connectivity index (χ3n) is 4.03. The number of nitrogens with zero attached hydrogens (tertiary/aromatic N) is 2. The maximum atomic E-state index is 12.2. The highest BCUT2D eigenvalue weighted by Gasteiger charge is 2.30. The molecule has 3 atom stereocenters. The van der Waals surface area contributed by atoms with Gasteiger partial charge in [-0.2, -0.15) is 0 Å². The van der Waals surface area contributed by atoms with Gasteiger partial charge < -0.3 is 10.6 Å². The van der Waals surface area contributed by atoms with Crippen molar-refractivity contribution in [2.45, 2.75) is 46.2 Å². The second kappa shape index (κ2) is 6.36. The Morgan fingerprint density at radius 1 is 1.41 bits per heavy atom. The number of hydrogen-bond donors (Lipinski definition) is 1. The third kappa shape index (κ3) is 3.42. The summed E-state index contributed by atoms with van der Waals surface area (Å²) >= 11 is 0. The summed E-state index contributed by atoms with van der Waals surface area (Å²) in [5.41, 5.74) is 6.01. The van der Waals surface area contributed by atoms with E-state index in [1.807, 2.05) is 11.8 Å². The van der Waals surface area contributed by atoms with Crippen molar-refractivity contribution >= 4 is 5.91 Å². The Hall–Kier alpha value is -0.610. The second-order valence-corrected chi connectivity index (χ2v) is 5.17. The van der Waals surface area contributed by atoms with Gasteiger partial charge in [0, 0.05) is 25.7 Å². The first-order chi connectivity index (χ1) is 8.01. The molecule has 0 saturated carbocycles. The van der Waals surface area contributed by atoms with Crippen LogP contribution < -0.4 is 5.73 Å². The van der Waals surface area contributed by atoms with Crippen molar-refractivity contribution in [3.63, 3.8) is 0 Å². The molecule has 100 valence electrons. The van der Waals surface area contributed by atoms with Crippen LogP contribution in [0.5, 0.6) is 0 Å². The van der Waals surface area contributed by atoms with Crippen molar-refractivity contribution in [2.75, 3.05) is 26.2 Å². The van der Waals surface area contributed by atoms with Gasteiger partial charge in [-0.15, -0.1) is 0 Å². The Morgan fingerprint density at radius 2 is 2.06 bits per heavy atom. The van der Waals surface area contributed by atoms with E-state index >= 15 is 0 Å². The van der Waals surface area contributed by atoms with E-state index < -0.39 is 0 Å². The van der Waals surface area contributed by atoms with Gasteiger partial charge in [0.05, 0.1) is 6.04 Å². The van der Waals surface area contributed by atoms with Crippen LogP contribution in [0.2, 0.25) is 0 Å². The molecule has 0 aromatic carbocycles. The number of carbonyl (C=O) groups excluding carboxylic acids is 1. The van der Waals surface area contributed by atoms with Gasteiger partial charge in [0.15, 0.2) is 0 Å². The molecule has 4 nitrogen and oxygen atoms in total. The fraction of sp³-hybridized carbons (Fsp3) is 0.923. The van der Waals surface area contributed by atoms with Crippen molar-refractivity contribution in [3.8, 4) is 0 Å². The average molecular weight is 241 g/mol. The highest BCUT2D eigenvalue weighted by molar-refractivity contribution is 5.82. The SMILES string of the molecule is CCC(C)C(N)C(=O)N1CCN(CC)C(C)C1. The Bertz CT molecular complexity index is 257. The molecule has 0 bridgehead atoms. The number of nitrogens with two attached hydrogens (primary N) is 1. The van der Waals surface area contributed by atoms with Crippen molar-refractivity contribution in [3.05, 3.63) is 0 Å². The molecule has 1 heterocycles. The molecule has 17 heavy (non-hydrogen) atoms. The second-order valence-electron chi connectivity index (χ2n) is 5.17. The molecule has 0 aromatic heterocycles. The summed E-state index contributed by atoms with van der Waals surface area (Å²) in [5.74, 6) is 0.393. The van der Waals surface area contributed by atoms with Gasteiger partial charge in [-0.05, 0) is 19.4 Å². The Morgan fingerprint density at radius 3 is 2.53 bits per heavy atom. The van der Waals surface area contributed by atoms with Crippen LogP contribution in [0.15, 0.2) is 0 Å². The van der Waals surface area contributed by atoms with E-state index in [0.29, 0.717) is 6.04 Å². The van der Waals surface area contributed by atoms with E-state index in [0.717, 1.165) is 32.6 Å². The number of piperazine rings is 1. The predicted molar refractivity (Wildman–Crippen MR) is 70.7 cm³/mol. The van der Waals surface area contributed by atoms with Crippen LogP contribution >= 0.6 is 0 Å². The van der Waals surface area contributed by atoms with Crippen LogP contribution in [0, 0.1) is 5.92 Å². The molecule has 1 amide bonds. The zero-order valence-electron chi connectivity index (χ0n) is 11.6. The smallest absolute Gasteiger partial charge is 0.239 e. The molecular weight excluding hydrogens is 214 g/mol. The first-order valence-electron chi connectivity index (χ1n) is 6.79. The molecule has 1 aliphatic heterocycles. The molecular formula is C13H27N3O. The molecule has 1 fully saturated rings. The summed E-state index contributed by atoms with van der Waals surface area (Å²) < 4.78 is 0. The standard InChI is InChI=1S/C13H27N3O/c1-5-10(3)12(14)13(17)16-8-7-15(6-2)11(4)9-16/h10-12H,5-9,14H2,1-4H3. The van der Waals surface area contributed by atoms with Crippen LogP contribution in [0.25, 0.3) is 0 Å². The van der Waals surface area contributed by atoms with E-state index in [-0.39, 0.29) is 17.9 Å². The third-order valence-corrected chi connectivity index (χ3v) is 4.03. The van der Waals surface area contributed by atoms with Crippen LogP contribution in [0.3, 0.4) is 0 Å². The van der Waals surface area contributed by atoms with Crippen LogP contribution in [0.1, 0.15) is 34.1 Å². The van der Waals surface area contributed by atoms with E-state index in [9.17, 15) is 4.79 Å². The molecule has 4 heteroatoms. The lowest BCUT2D eigenvalue weighted by molar-refractivity contribution is -0.136. The predicted octanol–water partition coefficient (Wildman–Crippen LogP) is 0.912. The van der Waals surface area contributed by atoms with Crippen LogP contribution in [0.4, 0.5) is 0 Å². The molecule has 0 aromatic rings. The Balaban J connectivity index is 2.54. The van der Waals surface area contributed by atoms with Gasteiger partial charge in [-0.1, -0.05) is 27.2 Å². The Labute approximate surface area is 105 Å². The van der Waals surface area contributed by atoms with Gasteiger partial charge in [0.1, 0.15) is 0 Å². The summed E-state index contributed by atoms with van der Waals surface area (Å²) in [4.78, 5) is 16.6.